The largest absolute Gasteiger partial charge is 0.506 e. The molecule has 3 nitrogen and oxygen atoms in total. The molecule has 5 heteroatoms. The number of phenolic OH excluding ortho intramolecular Hbond substituents is 1. The van der Waals surface area contributed by atoms with Gasteiger partial charge in [0.25, 0.3) is 0 Å². The number of nitrogens with two attached hydrogens (primary N) is 1. The molecule has 0 saturated carbocycles. The topological polar surface area (TPSA) is 58.3 Å². The zero-order valence-corrected chi connectivity index (χ0v) is 12.6. The molecule has 2 rings (SSSR count). The number of benzene rings is 1. The second kappa shape index (κ2) is 5.69. The van der Waals surface area contributed by atoms with Gasteiger partial charge in [-0.1, -0.05) is 15.9 Å². The Morgan fingerprint density at radius 1 is 1.29 bits per heavy atom. The minimum atomic E-state index is -0.106. The van der Waals surface area contributed by atoms with Crippen molar-refractivity contribution in [2.45, 2.75) is 18.9 Å². The van der Waals surface area contributed by atoms with Gasteiger partial charge in [0, 0.05) is 16.1 Å². The average molecular weight is 364 g/mol. The molecule has 0 amide bonds. The fourth-order valence-electron chi connectivity index (χ4n) is 2.30. The molecule has 1 aliphatic rings. The van der Waals surface area contributed by atoms with Gasteiger partial charge < -0.3 is 16.2 Å². The minimum absolute atomic E-state index is 0.106. The Kier molecular flexibility index (Phi) is 4.47. The normalized spacial score (nSPS) is 19.2. The molecule has 1 aliphatic heterocycles. The number of aromatic hydroxyl groups is 1. The molecule has 1 atom stereocenters. The van der Waals surface area contributed by atoms with Crippen molar-refractivity contribution in [2.75, 3.05) is 13.1 Å². The zero-order chi connectivity index (χ0) is 12.4. The third-order valence-corrected chi connectivity index (χ3v) is 4.37. The van der Waals surface area contributed by atoms with Crippen LogP contribution in [0, 0.1) is 5.92 Å². The van der Waals surface area contributed by atoms with Crippen molar-refractivity contribution in [3.8, 4) is 5.75 Å². The number of halogens is 2. The first-order valence-corrected chi connectivity index (χ1v) is 7.32. The standard InChI is InChI=1S/C12H16Br2N2O/c13-8-5-9(12(17)10(14)6-8)11(15)7-1-3-16-4-2-7/h5-7,11,16-17H,1-4,15H2/t11-/m1/s1. The van der Waals surface area contributed by atoms with E-state index in [1.807, 2.05) is 12.1 Å². The Morgan fingerprint density at radius 2 is 1.94 bits per heavy atom. The Hall–Kier alpha value is -0.100. The van der Waals surface area contributed by atoms with Crippen LogP contribution in [0.25, 0.3) is 0 Å². The van der Waals surface area contributed by atoms with Gasteiger partial charge in [-0.15, -0.1) is 0 Å². The van der Waals surface area contributed by atoms with Crippen molar-refractivity contribution >= 4 is 31.9 Å². The van der Waals surface area contributed by atoms with Crippen molar-refractivity contribution in [3.05, 3.63) is 26.6 Å². The maximum atomic E-state index is 10.1. The Labute approximate surface area is 118 Å². The van der Waals surface area contributed by atoms with Crippen molar-refractivity contribution < 1.29 is 5.11 Å². The van der Waals surface area contributed by atoms with E-state index in [4.69, 9.17) is 5.73 Å². The van der Waals surface area contributed by atoms with Crippen LogP contribution in [-0.2, 0) is 0 Å². The van der Waals surface area contributed by atoms with E-state index in [9.17, 15) is 5.11 Å². The lowest BCUT2D eigenvalue weighted by Gasteiger charge is -2.29. The number of piperidine rings is 1. The number of nitrogens with one attached hydrogen (secondary N) is 1. The summed E-state index contributed by atoms with van der Waals surface area (Å²) >= 11 is 6.77. The Bertz CT molecular complexity index is 406. The molecule has 0 bridgehead atoms. The summed E-state index contributed by atoms with van der Waals surface area (Å²) < 4.78 is 1.62. The van der Waals surface area contributed by atoms with Crippen molar-refractivity contribution in [3.63, 3.8) is 0 Å². The van der Waals surface area contributed by atoms with Gasteiger partial charge >= 0.3 is 0 Å². The number of rotatable bonds is 2. The molecular weight excluding hydrogens is 348 g/mol. The van der Waals surface area contributed by atoms with Gasteiger partial charge in [0.2, 0.25) is 0 Å². The molecule has 1 aromatic rings. The van der Waals surface area contributed by atoms with Gasteiger partial charge in [0.15, 0.2) is 0 Å². The molecule has 17 heavy (non-hydrogen) atoms. The van der Waals surface area contributed by atoms with Crippen molar-refractivity contribution in [1.29, 1.82) is 0 Å². The molecule has 0 aliphatic carbocycles. The van der Waals surface area contributed by atoms with E-state index in [0.717, 1.165) is 36.0 Å². The first-order valence-electron chi connectivity index (χ1n) is 5.74. The number of hydrogen-bond acceptors (Lipinski definition) is 3. The third kappa shape index (κ3) is 3.02. The summed E-state index contributed by atoms with van der Waals surface area (Å²) in [5.74, 6) is 0.697. The first-order chi connectivity index (χ1) is 8.09. The average Bonchev–Trinajstić information content (AvgIpc) is 2.34. The van der Waals surface area contributed by atoms with Gasteiger partial charge in [0.1, 0.15) is 5.75 Å². The molecule has 0 unspecified atom stereocenters. The third-order valence-electron chi connectivity index (χ3n) is 3.31. The lowest BCUT2D eigenvalue weighted by Crippen LogP contribution is -2.33. The van der Waals surface area contributed by atoms with Crippen LogP contribution in [0.1, 0.15) is 24.4 Å². The van der Waals surface area contributed by atoms with E-state index >= 15 is 0 Å². The van der Waals surface area contributed by atoms with E-state index in [1.54, 1.807) is 0 Å². The quantitative estimate of drug-likeness (QED) is 0.757. The Balaban J connectivity index is 2.26. The Morgan fingerprint density at radius 3 is 2.59 bits per heavy atom. The monoisotopic (exact) mass is 362 g/mol. The summed E-state index contributed by atoms with van der Waals surface area (Å²) in [4.78, 5) is 0. The lowest BCUT2D eigenvalue weighted by atomic mass is 9.86. The van der Waals surface area contributed by atoms with Crippen LogP contribution < -0.4 is 11.1 Å². The molecule has 0 spiro atoms. The van der Waals surface area contributed by atoms with Crippen molar-refractivity contribution in [1.82, 2.24) is 5.32 Å². The zero-order valence-electron chi connectivity index (χ0n) is 9.42. The van der Waals surface area contributed by atoms with Crippen LogP contribution in [0.3, 0.4) is 0 Å². The molecule has 0 aromatic heterocycles. The first kappa shape index (κ1) is 13.3. The van der Waals surface area contributed by atoms with E-state index in [-0.39, 0.29) is 11.8 Å². The van der Waals surface area contributed by atoms with Crippen LogP contribution in [0.4, 0.5) is 0 Å². The summed E-state index contributed by atoms with van der Waals surface area (Å²) in [5.41, 5.74) is 7.10. The summed E-state index contributed by atoms with van der Waals surface area (Å²) in [5, 5.41) is 13.4. The molecule has 1 saturated heterocycles. The smallest absolute Gasteiger partial charge is 0.134 e. The van der Waals surface area contributed by atoms with Gasteiger partial charge in [-0.2, -0.15) is 0 Å². The highest BCUT2D eigenvalue weighted by Crippen LogP contribution is 2.38. The van der Waals surface area contributed by atoms with Crippen LogP contribution in [0.2, 0.25) is 0 Å². The van der Waals surface area contributed by atoms with E-state index < -0.39 is 0 Å². The molecule has 4 N–H and O–H groups in total. The maximum Gasteiger partial charge on any atom is 0.134 e. The summed E-state index contributed by atoms with van der Waals surface area (Å²) in [6.45, 7) is 2.02. The lowest BCUT2D eigenvalue weighted by molar-refractivity contribution is 0.315. The van der Waals surface area contributed by atoms with Crippen LogP contribution in [-0.4, -0.2) is 18.2 Å². The second-order valence-electron chi connectivity index (χ2n) is 4.44. The fraction of sp³-hybridized carbons (Fsp3) is 0.500. The summed E-state index contributed by atoms with van der Waals surface area (Å²) in [6.07, 6.45) is 2.12. The van der Waals surface area contributed by atoms with Gasteiger partial charge in [-0.05, 0) is 59.9 Å². The highest BCUT2D eigenvalue weighted by molar-refractivity contribution is 9.11. The summed E-state index contributed by atoms with van der Waals surface area (Å²) in [6, 6.07) is 3.63. The molecule has 1 heterocycles. The summed E-state index contributed by atoms with van der Waals surface area (Å²) in [7, 11) is 0. The number of hydrogen-bond donors (Lipinski definition) is 3. The van der Waals surface area contributed by atoms with E-state index in [0.29, 0.717) is 10.4 Å². The highest BCUT2D eigenvalue weighted by atomic mass is 79.9. The minimum Gasteiger partial charge on any atom is -0.506 e. The fourth-order valence-corrected chi connectivity index (χ4v) is 3.56. The second-order valence-corrected chi connectivity index (χ2v) is 6.21. The van der Waals surface area contributed by atoms with Crippen LogP contribution >= 0.6 is 31.9 Å². The maximum absolute atomic E-state index is 10.1. The van der Waals surface area contributed by atoms with E-state index in [1.165, 1.54) is 0 Å². The molecular formula is C12H16Br2N2O. The van der Waals surface area contributed by atoms with Gasteiger partial charge in [-0.3, -0.25) is 0 Å². The molecule has 0 radical (unpaired) electrons. The van der Waals surface area contributed by atoms with E-state index in [2.05, 4.69) is 37.2 Å². The molecule has 1 fully saturated rings. The number of phenols is 1. The predicted octanol–water partition coefficient (Wildman–Crippen LogP) is 2.92. The van der Waals surface area contributed by atoms with Gasteiger partial charge in [-0.25, -0.2) is 0 Å². The van der Waals surface area contributed by atoms with Crippen molar-refractivity contribution in [2.24, 2.45) is 11.7 Å². The predicted molar refractivity (Wildman–Crippen MR) is 76.0 cm³/mol. The van der Waals surface area contributed by atoms with Crippen LogP contribution in [0.5, 0.6) is 5.75 Å². The highest BCUT2D eigenvalue weighted by Gasteiger charge is 2.24. The molecule has 1 aromatic carbocycles. The van der Waals surface area contributed by atoms with Gasteiger partial charge in [0.05, 0.1) is 4.47 Å². The van der Waals surface area contributed by atoms with Crippen LogP contribution in [0.15, 0.2) is 21.1 Å². The SMILES string of the molecule is N[C@@H](c1cc(Br)cc(Br)c1O)C1CCNCC1. The molecule has 94 valence electrons.